The molecule has 0 spiro atoms. The van der Waals surface area contributed by atoms with Crippen LogP contribution in [0.2, 0.25) is 0 Å². The second-order valence-corrected chi connectivity index (χ2v) is 4.36. The van der Waals surface area contributed by atoms with Crippen LogP contribution in [0.5, 0.6) is 0 Å². The van der Waals surface area contributed by atoms with Gasteiger partial charge in [-0.1, -0.05) is 0 Å². The van der Waals surface area contributed by atoms with E-state index in [9.17, 15) is 0 Å². The topological polar surface area (TPSA) is 24.5 Å². The number of hydrogen-bond acceptors (Lipinski definition) is 3. The molecule has 0 saturated carbocycles. The van der Waals surface area contributed by atoms with Crippen molar-refractivity contribution in [3.8, 4) is 0 Å². The van der Waals surface area contributed by atoms with Gasteiger partial charge in [0.25, 0.3) is 0 Å². The Labute approximate surface area is 80.4 Å². The molecule has 0 aliphatic carbocycles. The molecule has 13 heavy (non-hydrogen) atoms. The molecule has 2 fully saturated rings. The van der Waals surface area contributed by atoms with Crippen molar-refractivity contribution in [1.82, 2.24) is 10.2 Å². The second kappa shape index (κ2) is 4.40. The molecule has 2 saturated heterocycles. The summed E-state index contributed by atoms with van der Waals surface area (Å²) in [5.41, 5.74) is 0. The average Bonchev–Trinajstić information content (AvgIpc) is 2.53. The van der Waals surface area contributed by atoms with Gasteiger partial charge in [0, 0.05) is 26.2 Å². The third-order valence-corrected chi connectivity index (χ3v) is 3.03. The van der Waals surface area contributed by atoms with Crippen LogP contribution in [0.25, 0.3) is 0 Å². The van der Waals surface area contributed by atoms with Gasteiger partial charge in [0.15, 0.2) is 0 Å². The fourth-order valence-electron chi connectivity index (χ4n) is 2.18. The number of ether oxygens (including phenoxy) is 1. The van der Waals surface area contributed by atoms with Crippen molar-refractivity contribution in [1.29, 1.82) is 0 Å². The van der Waals surface area contributed by atoms with Crippen LogP contribution in [0.3, 0.4) is 0 Å². The summed E-state index contributed by atoms with van der Waals surface area (Å²) < 4.78 is 5.76. The van der Waals surface area contributed by atoms with Gasteiger partial charge < -0.3 is 15.0 Å². The Hall–Kier alpha value is -0.120. The van der Waals surface area contributed by atoms with Crippen LogP contribution in [-0.2, 0) is 4.74 Å². The summed E-state index contributed by atoms with van der Waals surface area (Å²) in [4.78, 5) is 2.36. The van der Waals surface area contributed by atoms with Gasteiger partial charge in [-0.15, -0.1) is 0 Å². The maximum Gasteiger partial charge on any atom is 0.0711 e. The molecule has 1 N–H and O–H groups in total. The van der Waals surface area contributed by atoms with Crippen LogP contribution in [0.15, 0.2) is 0 Å². The summed E-state index contributed by atoms with van der Waals surface area (Å²) in [6, 6.07) is 0. The number of nitrogens with one attached hydrogen (secondary N) is 1. The minimum atomic E-state index is 0.498. The normalized spacial score (nSPS) is 30.7. The Kier molecular flexibility index (Phi) is 3.19. The van der Waals surface area contributed by atoms with E-state index in [2.05, 4.69) is 17.3 Å². The van der Waals surface area contributed by atoms with E-state index in [0.29, 0.717) is 6.10 Å². The molecule has 1 unspecified atom stereocenters. The third-order valence-electron chi connectivity index (χ3n) is 3.03. The van der Waals surface area contributed by atoms with E-state index in [4.69, 9.17) is 4.74 Å². The van der Waals surface area contributed by atoms with Gasteiger partial charge in [0.05, 0.1) is 6.10 Å². The fourth-order valence-corrected chi connectivity index (χ4v) is 2.18. The Morgan fingerprint density at radius 3 is 2.92 bits per heavy atom. The summed E-state index contributed by atoms with van der Waals surface area (Å²) in [6.45, 7) is 5.70. The molecule has 2 heterocycles. The lowest BCUT2D eigenvalue weighted by atomic mass is 9.98. The molecule has 0 aromatic rings. The molecule has 0 bridgehead atoms. The first-order valence-electron chi connectivity index (χ1n) is 5.35. The van der Waals surface area contributed by atoms with E-state index in [1.165, 1.54) is 25.9 Å². The standard InChI is InChI=1S/C10H20N2O/c1-12-7-9(8-12)3-5-13-10-2-4-11-6-10/h9-11H,2-8H2,1H3. The summed E-state index contributed by atoms with van der Waals surface area (Å²) >= 11 is 0. The number of rotatable bonds is 4. The zero-order valence-electron chi connectivity index (χ0n) is 8.46. The number of likely N-dealkylation sites (tertiary alicyclic amines) is 1. The number of nitrogens with zero attached hydrogens (tertiary/aromatic N) is 1. The highest BCUT2D eigenvalue weighted by Crippen LogP contribution is 2.17. The highest BCUT2D eigenvalue weighted by molar-refractivity contribution is 4.77. The van der Waals surface area contributed by atoms with E-state index in [0.717, 1.165) is 25.6 Å². The van der Waals surface area contributed by atoms with E-state index < -0.39 is 0 Å². The lowest BCUT2D eigenvalue weighted by molar-refractivity contribution is 0.0340. The Morgan fingerprint density at radius 1 is 1.46 bits per heavy atom. The first kappa shape index (κ1) is 9.44. The predicted molar refractivity (Wildman–Crippen MR) is 52.8 cm³/mol. The average molecular weight is 184 g/mol. The molecule has 0 aromatic carbocycles. The molecule has 76 valence electrons. The highest BCUT2D eigenvalue weighted by atomic mass is 16.5. The first-order valence-corrected chi connectivity index (χ1v) is 5.35. The van der Waals surface area contributed by atoms with Gasteiger partial charge in [0.1, 0.15) is 0 Å². The van der Waals surface area contributed by atoms with Gasteiger partial charge in [-0.05, 0) is 32.4 Å². The first-order chi connectivity index (χ1) is 6.34. The highest BCUT2D eigenvalue weighted by Gasteiger charge is 2.23. The predicted octanol–water partition coefficient (Wildman–Crippen LogP) is 0.317. The maximum absolute atomic E-state index is 5.76. The van der Waals surface area contributed by atoms with Gasteiger partial charge in [0.2, 0.25) is 0 Å². The largest absolute Gasteiger partial charge is 0.377 e. The minimum Gasteiger partial charge on any atom is -0.377 e. The van der Waals surface area contributed by atoms with Gasteiger partial charge in [-0.3, -0.25) is 0 Å². The second-order valence-electron chi connectivity index (χ2n) is 4.36. The van der Waals surface area contributed by atoms with Gasteiger partial charge in [-0.2, -0.15) is 0 Å². The third kappa shape index (κ3) is 2.66. The van der Waals surface area contributed by atoms with Crippen LogP contribution < -0.4 is 5.32 Å². The van der Waals surface area contributed by atoms with Crippen LogP contribution in [0.1, 0.15) is 12.8 Å². The molecule has 0 radical (unpaired) electrons. The Balaban J connectivity index is 1.49. The van der Waals surface area contributed by atoms with Crippen molar-refractivity contribution in [3.63, 3.8) is 0 Å². The van der Waals surface area contributed by atoms with Crippen molar-refractivity contribution in [2.45, 2.75) is 18.9 Å². The quantitative estimate of drug-likeness (QED) is 0.681. The molecule has 3 heteroatoms. The van der Waals surface area contributed by atoms with Gasteiger partial charge in [-0.25, -0.2) is 0 Å². The summed E-state index contributed by atoms with van der Waals surface area (Å²) in [7, 11) is 2.18. The fraction of sp³-hybridized carbons (Fsp3) is 1.00. The Morgan fingerprint density at radius 2 is 2.31 bits per heavy atom. The van der Waals surface area contributed by atoms with Crippen molar-refractivity contribution in [2.75, 3.05) is 39.8 Å². The lowest BCUT2D eigenvalue weighted by Gasteiger charge is -2.36. The lowest BCUT2D eigenvalue weighted by Crippen LogP contribution is -2.44. The molecule has 2 aliphatic heterocycles. The molecule has 0 aromatic heterocycles. The van der Waals surface area contributed by atoms with E-state index in [-0.39, 0.29) is 0 Å². The molecule has 0 amide bonds. The minimum absolute atomic E-state index is 0.498. The monoisotopic (exact) mass is 184 g/mol. The van der Waals surface area contributed by atoms with Crippen molar-refractivity contribution < 1.29 is 4.74 Å². The van der Waals surface area contributed by atoms with E-state index in [1.807, 2.05) is 0 Å². The molecule has 3 nitrogen and oxygen atoms in total. The zero-order valence-corrected chi connectivity index (χ0v) is 8.46. The molecule has 2 rings (SSSR count). The van der Waals surface area contributed by atoms with Crippen molar-refractivity contribution >= 4 is 0 Å². The smallest absolute Gasteiger partial charge is 0.0711 e. The number of hydrogen-bond donors (Lipinski definition) is 1. The summed E-state index contributed by atoms with van der Waals surface area (Å²) in [5, 5.41) is 3.31. The van der Waals surface area contributed by atoms with Crippen LogP contribution in [0.4, 0.5) is 0 Å². The van der Waals surface area contributed by atoms with Crippen LogP contribution in [0, 0.1) is 5.92 Å². The molecule has 1 atom stereocenters. The van der Waals surface area contributed by atoms with E-state index >= 15 is 0 Å². The zero-order chi connectivity index (χ0) is 9.10. The van der Waals surface area contributed by atoms with Crippen LogP contribution >= 0.6 is 0 Å². The molecular weight excluding hydrogens is 164 g/mol. The van der Waals surface area contributed by atoms with Crippen LogP contribution in [-0.4, -0.2) is 50.8 Å². The van der Waals surface area contributed by atoms with Crippen molar-refractivity contribution in [3.05, 3.63) is 0 Å². The van der Waals surface area contributed by atoms with E-state index in [1.54, 1.807) is 0 Å². The van der Waals surface area contributed by atoms with Crippen molar-refractivity contribution in [2.24, 2.45) is 5.92 Å². The summed E-state index contributed by atoms with van der Waals surface area (Å²) in [5.74, 6) is 0.902. The SMILES string of the molecule is CN1CC(CCOC2CCNC2)C1. The summed E-state index contributed by atoms with van der Waals surface area (Å²) in [6.07, 6.45) is 2.95. The Bertz CT molecular complexity index is 151. The molecular formula is C10H20N2O. The maximum atomic E-state index is 5.76. The molecule has 2 aliphatic rings. The van der Waals surface area contributed by atoms with Gasteiger partial charge >= 0.3 is 0 Å².